The van der Waals surface area contributed by atoms with Crippen molar-refractivity contribution in [2.24, 2.45) is 0 Å². The van der Waals surface area contributed by atoms with Crippen molar-refractivity contribution in [2.75, 3.05) is 10.6 Å². The average molecular weight is 302 g/mol. The van der Waals surface area contributed by atoms with Crippen LogP contribution < -0.4 is 10.6 Å². The highest BCUT2D eigenvalue weighted by molar-refractivity contribution is 5.89. The van der Waals surface area contributed by atoms with Crippen LogP contribution in [0.3, 0.4) is 0 Å². The molecule has 22 heavy (non-hydrogen) atoms. The van der Waals surface area contributed by atoms with Crippen LogP contribution in [-0.2, 0) is 11.3 Å². The van der Waals surface area contributed by atoms with Gasteiger partial charge in [-0.1, -0.05) is 12.1 Å². The zero-order valence-corrected chi connectivity index (χ0v) is 13.4. The molecule has 0 aliphatic heterocycles. The number of anilines is 2. The van der Waals surface area contributed by atoms with E-state index in [1.807, 2.05) is 64.1 Å². The normalized spacial score (nSPS) is 11.1. The predicted octanol–water partition coefficient (Wildman–Crippen LogP) is 4.55. The Morgan fingerprint density at radius 1 is 1.14 bits per heavy atom. The molecule has 0 bridgehead atoms. The fraction of sp³-hybridized carbons (Fsp3) is 0.353. The molecule has 0 unspecified atom stereocenters. The van der Waals surface area contributed by atoms with Crippen LogP contribution in [0.1, 0.15) is 32.3 Å². The van der Waals surface area contributed by atoms with Crippen molar-refractivity contribution in [3.63, 3.8) is 0 Å². The molecule has 0 radical (unpaired) electrons. The van der Waals surface area contributed by atoms with E-state index in [0.717, 1.165) is 17.2 Å². The first kappa shape index (κ1) is 15.9. The quantitative estimate of drug-likeness (QED) is 0.870. The van der Waals surface area contributed by atoms with Crippen molar-refractivity contribution in [3.05, 3.63) is 47.9 Å². The number of carbonyl (C=O) groups excluding carboxylic acids is 1. The highest BCUT2D eigenvalue weighted by Gasteiger charge is 2.17. The lowest BCUT2D eigenvalue weighted by Gasteiger charge is -2.20. The lowest BCUT2D eigenvalue weighted by atomic mass is 10.2. The SMILES string of the molecule is Cc1ccc(CNc2ccccc2NC(=O)OC(C)(C)C)o1. The van der Waals surface area contributed by atoms with Crippen LogP contribution in [0.5, 0.6) is 0 Å². The van der Waals surface area contributed by atoms with Gasteiger partial charge < -0.3 is 14.5 Å². The Morgan fingerprint density at radius 2 is 1.82 bits per heavy atom. The largest absolute Gasteiger partial charge is 0.465 e. The summed E-state index contributed by atoms with van der Waals surface area (Å²) in [7, 11) is 0. The molecule has 1 heterocycles. The molecule has 0 fully saturated rings. The lowest BCUT2D eigenvalue weighted by Crippen LogP contribution is -2.27. The van der Waals surface area contributed by atoms with Gasteiger partial charge in [-0.3, -0.25) is 5.32 Å². The van der Waals surface area contributed by atoms with Gasteiger partial charge in [0.2, 0.25) is 0 Å². The monoisotopic (exact) mass is 302 g/mol. The fourth-order valence-corrected chi connectivity index (χ4v) is 1.92. The van der Waals surface area contributed by atoms with Gasteiger partial charge in [0.15, 0.2) is 0 Å². The Bertz CT molecular complexity index is 641. The highest BCUT2D eigenvalue weighted by Crippen LogP contribution is 2.23. The number of hydrogen-bond acceptors (Lipinski definition) is 4. The first-order valence-electron chi connectivity index (χ1n) is 7.22. The number of para-hydroxylation sites is 2. The molecule has 5 nitrogen and oxygen atoms in total. The average Bonchev–Trinajstić information content (AvgIpc) is 2.81. The summed E-state index contributed by atoms with van der Waals surface area (Å²) in [5.41, 5.74) is 0.945. The number of furan rings is 1. The summed E-state index contributed by atoms with van der Waals surface area (Å²) in [5.74, 6) is 1.71. The third-order valence-electron chi connectivity index (χ3n) is 2.81. The van der Waals surface area contributed by atoms with Gasteiger partial charge in [-0.25, -0.2) is 4.79 Å². The zero-order chi connectivity index (χ0) is 16.2. The van der Waals surface area contributed by atoms with Crippen molar-refractivity contribution in [1.82, 2.24) is 0 Å². The molecule has 0 saturated heterocycles. The van der Waals surface area contributed by atoms with Crippen molar-refractivity contribution in [1.29, 1.82) is 0 Å². The van der Waals surface area contributed by atoms with Crippen LogP contribution in [0.2, 0.25) is 0 Å². The van der Waals surface area contributed by atoms with Gasteiger partial charge in [0, 0.05) is 0 Å². The maximum absolute atomic E-state index is 11.9. The number of hydrogen-bond donors (Lipinski definition) is 2. The molecule has 2 N–H and O–H groups in total. The Morgan fingerprint density at radius 3 is 2.41 bits per heavy atom. The molecule has 118 valence electrons. The number of aryl methyl sites for hydroxylation is 1. The molecule has 1 amide bonds. The van der Waals surface area contributed by atoms with Gasteiger partial charge in [0.05, 0.1) is 17.9 Å². The molecule has 1 aromatic heterocycles. The number of carbonyl (C=O) groups is 1. The summed E-state index contributed by atoms with van der Waals surface area (Å²) in [6, 6.07) is 11.3. The standard InChI is InChI=1S/C17H22N2O3/c1-12-9-10-13(21-12)11-18-14-7-5-6-8-15(14)19-16(20)22-17(2,3)4/h5-10,18H,11H2,1-4H3,(H,19,20). The number of benzene rings is 1. The minimum atomic E-state index is -0.530. The number of rotatable bonds is 4. The minimum absolute atomic E-state index is 0.476. The molecule has 5 heteroatoms. The molecule has 1 aromatic carbocycles. The van der Waals surface area contributed by atoms with Crippen molar-refractivity contribution < 1.29 is 13.9 Å². The van der Waals surface area contributed by atoms with E-state index in [9.17, 15) is 4.79 Å². The molecule has 0 spiro atoms. The summed E-state index contributed by atoms with van der Waals surface area (Å²) in [6.45, 7) is 7.93. The van der Waals surface area contributed by atoms with E-state index in [1.54, 1.807) is 0 Å². The van der Waals surface area contributed by atoms with Crippen molar-refractivity contribution in [2.45, 2.75) is 39.8 Å². The van der Waals surface area contributed by atoms with Crippen LogP contribution in [0.15, 0.2) is 40.8 Å². The van der Waals surface area contributed by atoms with Gasteiger partial charge in [-0.15, -0.1) is 0 Å². The van der Waals surface area contributed by atoms with Gasteiger partial charge in [0.1, 0.15) is 17.1 Å². The van der Waals surface area contributed by atoms with E-state index >= 15 is 0 Å². The predicted molar refractivity (Wildman–Crippen MR) is 87.1 cm³/mol. The van der Waals surface area contributed by atoms with Gasteiger partial charge in [-0.2, -0.15) is 0 Å². The first-order valence-corrected chi connectivity index (χ1v) is 7.22. The summed E-state index contributed by atoms with van der Waals surface area (Å²) in [4.78, 5) is 11.9. The van der Waals surface area contributed by atoms with Crippen molar-refractivity contribution >= 4 is 17.5 Å². The Kier molecular flexibility index (Phi) is 4.75. The Balaban J connectivity index is 2.01. The Hall–Kier alpha value is -2.43. The molecule has 0 atom stereocenters. The van der Waals surface area contributed by atoms with Gasteiger partial charge in [-0.05, 0) is 52.0 Å². The Labute approximate surface area is 130 Å². The third-order valence-corrected chi connectivity index (χ3v) is 2.81. The van der Waals surface area contributed by atoms with E-state index in [2.05, 4.69) is 10.6 Å². The summed E-state index contributed by atoms with van der Waals surface area (Å²) in [6.07, 6.45) is -0.476. The topological polar surface area (TPSA) is 63.5 Å². The maximum atomic E-state index is 11.9. The molecular formula is C17H22N2O3. The molecule has 2 rings (SSSR count). The van der Waals surface area contributed by atoms with Crippen LogP contribution in [0.25, 0.3) is 0 Å². The highest BCUT2D eigenvalue weighted by atomic mass is 16.6. The van der Waals surface area contributed by atoms with Gasteiger partial charge >= 0.3 is 6.09 Å². The molecule has 2 aromatic rings. The van der Waals surface area contributed by atoms with E-state index in [0.29, 0.717) is 12.2 Å². The summed E-state index contributed by atoms with van der Waals surface area (Å²) < 4.78 is 10.8. The summed E-state index contributed by atoms with van der Waals surface area (Å²) >= 11 is 0. The third kappa shape index (κ3) is 4.84. The number of amides is 1. The number of ether oxygens (including phenoxy) is 1. The van der Waals surface area contributed by atoms with E-state index in [4.69, 9.17) is 9.15 Å². The molecular weight excluding hydrogens is 280 g/mol. The number of nitrogens with one attached hydrogen (secondary N) is 2. The first-order chi connectivity index (χ1) is 10.3. The minimum Gasteiger partial charge on any atom is -0.465 e. The molecule has 0 aliphatic carbocycles. The van der Waals surface area contributed by atoms with Crippen molar-refractivity contribution in [3.8, 4) is 0 Å². The maximum Gasteiger partial charge on any atom is 0.412 e. The van der Waals surface area contributed by atoms with Crippen LogP contribution in [0.4, 0.5) is 16.2 Å². The van der Waals surface area contributed by atoms with E-state index in [1.165, 1.54) is 0 Å². The van der Waals surface area contributed by atoms with Gasteiger partial charge in [0.25, 0.3) is 0 Å². The lowest BCUT2D eigenvalue weighted by molar-refractivity contribution is 0.0636. The fourth-order valence-electron chi connectivity index (χ4n) is 1.92. The van der Waals surface area contributed by atoms with E-state index in [-0.39, 0.29) is 0 Å². The van der Waals surface area contributed by atoms with Crippen LogP contribution in [-0.4, -0.2) is 11.7 Å². The second-order valence-electron chi connectivity index (χ2n) is 6.04. The molecule has 0 saturated carbocycles. The molecule has 0 aliphatic rings. The van der Waals surface area contributed by atoms with Crippen LogP contribution in [0, 0.1) is 6.92 Å². The summed E-state index contributed by atoms with van der Waals surface area (Å²) in [5, 5.41) is 6.00. The zero-order valence-electron chi connectivity index (χ0n) is 13.4. The smallest absolute Gasteiger partial charge is 0.412 e. The van der Waals surface area contributed by atoms with Crippen LogP contribution >= 0.6 is 0 Å². The second-order valence-corrected chi connectivity index (χ2v) is 6.04. The van der Waals surface area contributed by atoms with E-state index < -0.39 is 11.7 Å². The second kappa shape index (κ2) is 6.56.